The third-order valence-electron chi connectivity index (χ3n) is 3.02. The summed E-state index contributed by atoms with van der Waals surface area (Å²) in [5.74, 6) is 1.37. The molecule has 2 aliphatic heterocycles. The SMILES string of the molecule is OB1C2CCCC1CC2. The molecule has 0 radical (unpaired) electrons. The van der Waals surface area contributed by atoms with Crippen LogP contribution in [0.15, 0.2) is 0 Å². The monoisotopic (exact) mass is 124 g/mol. The molecule has 2 bridgehead atoms. The molecule has 2 heteroatoms. The summed E-state index contributed by atoms with van der Waals surface area (Å²) >= 11 is 0. The van der Waals surface area contributed by atoms with Gasteiger partial charge in [0.25, 0.3) is 6.92 Å². The fourth-order valence-corrected chi connectivity index (χ4v) is 2.43. The lowest BCUT2D eigenvalue weighted by Gasteiger charge is -2.21. The number of hydrogen-bond donors (Lipinski definition) is 1. The fourth-order valence-electron chi connectivity index (χ4n) is 2.43. The minimum absolute atomic E-state index is 0.0822. The molecule has 1 N–H and O–H groups in total. The second-order valence-corrected chi connectivity index (χ2v) is 3.52. The summed E-state index contributed by atoms with van der Waals surface area (Å²) in [7, 11) is 0. The minimum atomic E-state index is 0.0822. The molecule has 0 spiro atoms. The molecule has 2 rings (SSSR count). The van der Waals surface area contributed by atoms with Crippen molar-refractivity contribution < 1.29 is 5.02 Å². The molecule has 2 fully saturated rings. The number of hydrogen-bond acceptors (Lipinski definition) is 1. The van der Waals surface area contributed by atoms with Crippen molar-refractivity contribution in [1.29, 1.82) is 0 Å². The van der Waals surface area contributed by atoms with Crippen molar-refractivity contribution in [3.05, 3.63) is 0 Å². The maximum atomic E-state index is 9.51. The van der Waals surface area contributed by atoms with E-state index < -0.39 is 0 Å². The largest absolute Gasteiger partial charge is 0.450 e. The summed E-state index contributed by atoms with van der Waals surface area (Å²) in [5.41, 5.74) is 0. The average Bonchev–Trinajstić information content (AvgIpc) is 2.19. The van der Waals surface area contributed by atoms with Crippen LogP contribution in [0.25, 0.3) is 0 Å². The third-order valence-corrected chi connectivity index (χ3v) is 3.02. The van der Waals surface area contributed by atoms with Crippen LogP contribution in [0.3, 0.4) is 0 Å². The summed E-state index contributed by atoms with van der Waals surface area (Å²) in [6, 6.07) is 0. The molecule has 0 aromatic rings. The maximum Gasteiger partial charge on any atom is 0.295 e. The van der Waals surface area contributed by atoms with E-state index in [0.717, 1.165) is 0 Å². The van der Waals surface area contributed by atoms with Crippen molar-refractivity contribution in [2.24, 2.45) is 0 Å². The van der Waals surface area contributed by atoms with Gasteiger partial charge in [-0.15, -0.1) is 0 Å². The Morgan fingerprint density at radius 1 is 1.00 bits per heavy atom. The number of fused-ring (bicyclic) bond motifs is 2. The van der Waals surface area contributed by atoms with Crippen molar-refractivity contribution in [3.8, 4) is 0 Å². The van der Waals surface area contributed by atoms with Gasteiger partial charge in [-0.3, -0.25) is 0 Å². The molecular weight excluding hydrogens is 111 g/mol. The van der Waals surface area contributed by atoms with Crippen molar-refractivity contribution in [1.82, 2.24) is 0 Å². The Hall–Kier alpha value is 0.0249. The van der Waals surface area contributed by atoms with Crippen LogP contribution < -0.4 is 0 Å². The minimum Gasteiger partial charge on any atom is -0.450 e. The first kappa shape index (κ1) is 5.78. The zero-order valence-corrected chi connectivity index (χ0v) is 5.71. The van der Waals surface area contributed by atoms with Crippen LogP contribution in [0, 0.1) is 0 Å². The summed E-state index contributed by atoms with van der Waals surface area (Å²) in [6.45, 7) is 0.0822. The predicted molar refractivity (Wildman–Crippen MR) is 38.6 cm³/mol. The van der Waals surface area contributed by atoms with Gasteiger partial charge in [0.2, 0.25) is 0 Å². The Labute approximate surface area is 56.6 Å². The van der Waals surface area contributed by atoms with Gasteiger partial charge in [0.05, 0.1) is 0 Å². The van der Waals surface area contributed by atoms with E-state index in [1.807, 2.05) is 0 Å². The van der Waals surface area contributed by atoms with Gasteiger partial charge in [-0.2, -0.15) is 0 Å². The molecule has 0 aromatic heterocycles. The Morgan fingerprint density at radius 3 is 2.00 bits per heavy atom. The highest BCUT2D eigenvalue weighted by Gasteiger charge is 2.41. The molecule has 9 heavy (non-hydrogen) atoms. The van der Waals surface area contributed by atoms with Crippen LogP contribution in [0.4, 0.5) is 0 Å². The topological polar surface area (TPSA) is 20.2 Å². The molecule has 50 valence electrons. The van der Waals surface area contributed by atoms with Crippen molar-refractivity contribution in [2.75, 3.05) is 0 Å². The Morgan fingerprint density at radius 2 is 1.56 bits per heavy atom. The molecule has 0 aromatic carbocycles. The summed E-state index contributed by atoms with van der Waals surface area (Å²) < 4.78 is 0. The van der Waals surface area contributed by atoms with Gasteiger partial charge in [-0.05, 0) is 11.6 Å². The Balaban J connectivity index is 2.10. The van der Waals surface area contributed by atoms with E-state index in [1.54, 1.807) is 0 Å². The zero-order valence-electron chi connectivity index (χ0n) is 5.71. The highest BCUT2D eigenvalue weighted by Crippen LogP contribution is 2.47. The first-order chi connectivity index (χ1) is 4.38. The third kappa shape index (κ3) is 0.805. The summed E-state index contributed by atoms with van der Waals surface area (Å²) in [4.78, 5) is 0. The second kappa shape index (κ2) is 2.01. The Kier molecular flexibility index (Phi) is 1.29. The van der Waals surface area contributed by atoms with Crippen LogP contribution >= 0.6 is 0 Å². The van der Waals surface area contributed by atoms with E-state index >= 15 is 0 Å². The van der Waals surface area contributed by atoms with Crippen LogP contribution in [0.2, 0.25) is 11.6 Å². The van der Waals surface area contributed by atoms with Gasteiger partial charge in [-0.25, -0.2) is 0 Å². The molecule has 0 aliphatic carbocycles. The quantitative estimate of drug-likeness (QED) is 0.487. The zero-order chi connectivity index (χ0) is 6.27. The van der Waals surface area contributed by atoms with Crippen molar-refractivity contribution in [3.63, 3.8) is 0 Å². The van der Waals surface area contributed by atoms with Crippen LogP contribution in [0.1, 0.15) is 32.1 Å². The van der Waals surface area contributed by atoms with E-state index in [2.05, 4.69) is 0 Å². The van der Waals surface area contributed by atoms with E-state index in [-0.39, 0.29) is 6.92 Å². The summed E-state index contributed by atoms with van der Waals surface area (Å²) in [5, 5.41) is 9.51. The lowest BCUT2D eigenvalue weighted by molar-refractivity contribution is 0.492. The van der Waals surface area contributed by atoms with Crippen molar-refractivity contribution in [2.45, 2.75) is 43.7 Å². The maximum absolute atomic E-state index is 9.51. The molecule has 1 nitrogen and oxygen atoms in total. The first-order valence-corrected chi connectivity index (χ1v) is 4.06. The first-order valence-electron chi connectivity index (χ1n) is 4.06. The molecule has 2 unspecified atom stereocenters. The second-order valence-electron chi connectivity index (χ2n) is 3.52. The van der Waals surface area contributed by atoms with E-state index in [0.29, 0.717) is 11.6 Å². The smallest absolute Gasteiger partial charge is 0.295 e. The molecular formula is C7H13BO. The van der Waals surface area contributed by atoms with Gasteiger partial charge in [0.1, 0.15) is 0 Å². The molecule has 2 heterocycles. The number of rotatable bonds is 0. The van der Waals surface area contributed by atoms with Gasteiger partial charge in [0, 0.05) is 0 Å². The van der Waals surface area contributed by atoms with Crippen molar-refractivity contribution >= 4 is 6.92 Å². The molecule has 2 aliphatic rings. The normalized spacial score (nSPS) is 41.7. The predicted octanol–water partition coefficient (Wildman–Crippen LogP) is 1.69. The van der Waals surface area contributed by atoms with Gasteiger partial charge < -0.3 is 5.02 Å². The van der Waals surface area contributed by atoms with Crippen LogP contribution in [-0.4, -0.2) is 11.9 Å². The fraction of sp³-hybridized carbons (Fsp3) is 1.00. The highest BCUT2D eigenvalue weighted by atomic mass is 16.2. The summed E-state index contributed by atoms with van der Waals surface area (Å²) in [6.07, 6.45) is 6.54. The average molecular weight is 124 g/mol. The molecule has 0 amide bonds. The highest BCUT2D eigenvalue weighted by molar-refractivity contribution is 6.55. The van der Waals surface area contributed by atoms with Crippen LogP contribution in [-0.2, 0) is 0 Å². The lowest BCUT2D eigenvalue weighted by Crippen LogP contribution is -2.23. The molecule has 2 saturated heterocycles. The van der Waals surface area contributed by atoms with Crippen LogP contribution in [0.5, 0.6) is 0 Å². The van der Waals surface area contributed by atoms with E-state index in [9.17, 15) is 5.02 Å². The van der Waals surface area contributed by atoms with Gasteiger partial charge >= 0.3 is 0 Å². The van der Waals surface area contributed by atoms with Gasteiger partial charge in [-0.1, -0.05) is 32.1 Å². The molecule has 2 atom stereocenters. The standard InChI is InChI=1S/C7H13BO/c9-8-6-2-1-3-7(8)5-4-6/h6-7,9H,1-5H2. The van der Waals surface area contributed by atoms with E-state index in [4.69, 9.17) is 0 Å². The Bertz CT molecular complexity index is 99.5. The lowest BCUT2D eigenvalue weighted by atomic mass is 9.47. The van der Waals surface area contributed by atoms with Gasteiger partial charge in [0.15, 0.2) is 0 Å². The van der Waals surface area contributed by atoms with E-state index in [1.165, 1.54) is 32.1 Å². The molecule has 0 saturated carbocycles.